The van der Waals surface area contributed by atoms with E-state index in [0.717, 1.165) is 37.0 Å². The molecule has 4 heteroatoms. The van der Waals surface area contributed by atoms with Crippen molar-refractivity contribution >= 4 is 0 Å². The minimum Gasteiger partial charge on any atom is -0.497 e. The molecule has 2 heterocycles. The molecule has 0 radical (unpaired) electrons. The van der Waals surface area contributed by atoms with E-state index in [1.54, 1.807) is 7.11 Å². The Morgan fingerprint density at radius 1 is 1.19 bits per heavy atom. The van der Waals surface area contributed by atoms with Gasteiger partial charge in [0.1, 0.15) is 5.75 Å². The number of rotatable bonds is 4. The van der Waals surface area contributed by atoms with Gasteiger partial charge >= 0.3 is 0 Å². The Balaban J connectivity index is 1.60. The topological polar surface area (TPSA) is 35.9 Å². The van der Waals surface area contributed by atoms with Crippen LogP contribution in [0.5, 0.6) is 5.75 Å². The number of hydrogen-bond donors (Lipinski definition) is 1. The SMILES string of the molecule is COc1ccc(C(O)CN2CCC3CCC(C2)N3C)cc1. The van der Waals surface area contributed by atoms with Crippen LogP contribution in [0, 0.1) is 0 Å². The fraction of sp³-hybridized carbons (Fsp3) is 0.647. The second-order valence-electron chi connectivity index (χ2n) is 6.39. The number of aliphatic hydroxyl groups excluding tert-OH is 1. The summed E-state index contributed by atoms with van der Waals surface area (Å²) in [6, 6.07) is 9.16. The number of aliphatic hydroxyl groups is 1. The molecule has 2 aliphatic heterocycles. The highest BCUT2D eigenvalue weighted by atomic mass is 16.5. The molecule has 2 fully saturated rings. The molecule has 0 aliphatic carbocycles. The molecule has 3 rings (SSSR count). The zero-order chi connectivity index (χ0) is 14.8. The van der Waals surface area contributed by atoms with Crippen LogP contribution in [0.2, 0.25) is 0 Å². The smallest absolute Gasteiger partial charge is 0.118 e. The minimum absolute atomic E-state index is 0.419. The average molecular weight is 290 g/mol. The summed E-state index contributed by atoms with van der Waals surface area (Å²) in [6.07, 6.45) is 3.45. The van der Waals surface area contributed by atoms with Crippen molar-refractivity contribution in [3.05, 3.63) is 29.8 Å². The summed E-state index contributed by atoms with van der Waals surface area (Å²) in [4.78, 5) is 4.97. The van der Waals surface area contributed by atoms with Crippen LogP contribution in [0.1, 0.15) is 30.9 Å². The maximum Gasteiger partial charge on any atom is 0.118 e. The normalized spacial score (nSPS) is 28.3. The Hall–Kier alpha value is -1.10. The molecule has 2 saturated heterocycles. The molecular formula is C17H26N2O2. The van der Waals surface area contributed by atoms with Crippen molar-refractivity contribution in [2.45, 2.75) is 37.5 Å². The molecule has 1 aromatic rings. The lowest BCUT2D eigenvalue weighted by Gasteiger charge is -2.27. The van der Waals surface area contributed by atoms with Crippen LogP contribution in [-0.4, -0.2) is 60.8 Å². The van der Waals surface area contributed by atoms with Crippen molar-refractivity contribution in [3.8, 4) is 5.75 Å². The van der Waals surface area contributed by atoms with Gasteiger partial charge < -0.3 is 9.84 Å². The lowest BCUT2D eigenvalue weighted by molar-refractivity contribution is 0.107. The first-order valence-corrected chi connectivity index (χ1v) is 7.93. The molecule has 3 atom stereocenters. The summed E-state index contributed by atoms with van der Waals surface area (Å²) >= 11 is 0. The van der Waals surface area contributed by atoms with Gasteiger partial charge in [-0.25, -0.2) is 0 Å². The monoisotopic (exact) mass is 290 g/mol. The lowest BCUT2D eigenvalue weighted by Crippen LogP contribution is -2.38. The van der Waals surface area contributed by atoms with Gasteiger partial charge in [0.2, 0.25) is 0 Å². The second kappa shape index (κ2) is 6.34. The highest BCUT2D eigenvalue weighted by Crippen LogP contribution is 2.29. The molecule has 3 unspecified atom stereocenters. The molecule has 1 aromatic carbocycles. The van der Waals surface area contributed by atoms with Crippen molar-refractivity contribution in [1.82, 2.24) is 9.80 Å². The number of likely N-dealkylation sites (tertiary alicyclic amines) is 1. The zero-order valence-corrected chi connectivity index (χ0v) is 13.0. The third-order valence-electron chi connectivity index (χ3n) is 5.16. The Kier molecular flexibility index (Phi) is 4.48. The van der Waals surface area contributed by atoms with Crippen molar-refractivity contribution in [3.63, 3.8) is 0 Å². The molecule has 1 N–H and O–H groups in total. The van der Waals surface area contributed by atoms with Crippen LogP contribution in [0.25, 0.3) is 0 Å². The number of likely N-dealkylation sites (N-methyl/N-ethyl adjacent to an activating group) is 1. The van der Waals surface area contributed by atoms with E-state index in [0.29, 0.717) is 6.04 Å². The van der Waals surface area contributed by atoms with E-state index >= 15 is 0 Å². The maximum atomic E-state index is 10.5. The summed E-state index contributed by atoms with van der Waals surface area (Å²) in [5.74, 6) is 0.833. The van der Waals surface area contributed by atoms with Gasteiger partial charge in [-0.2, -0.15) is 0 Å². The first kappa shape index (κ1) is 14.8. The number of nitrogens with zero attached hydrogens (tertiary/aromatic N) is 2. The summed E-state index contributed by atoms with van der Waals surface area (Å²) < 4.78 is 5.16. The molecule has 2 bridgehead atoms. The molecule has 2 aliphatic rings. The molecule has 0 amide bonds. The van der Waals surface area contributed by atoms with Crippen molar-refractivity contribution in [1.29, 1.82) is 0 Å². The molecule has 0 aromatic heterocycles. The minimum atomic E-state index is -0.419. The molecule has 0 saturated carbocycles. The number of methoxy groups -OCH3 is 1. The molecule has 0 spiro atoms. The molecule has 21 heavy (non-hydrogen) atoms. The quantitative estimate of drug-likeness (QED) is 0.919. The summed E-state index contributed by atoms with van der Waals surface area (Å²) in [5.41, 5.74) is 0.971. The van der Waals surface area contributed by atoms with Crippen LogP contribution in [0.4, 0.5) is 0 Å². The first-order valence-electron chi connectivity index (χ1n) is 7.93. The van der Waals surface area contributed by atoms with E-state index in [-0.39, 0.29) is 0 Å². The second-order valence-corrected chi connectivity index (χ2v) is 6.39. The van der Waals surface area contributed by atoms with Crippen molar-refractivity contribution < 1.29 is 9.84 Å². The predicted octanol–water partition coefficient (Wildman–Crippen LogP) is 1.90. The maximum absolute atomic E-state index is 10.5. The van der Waals surface area contributed by atoms with Crippen LogP contribution in [0.15, 0.2) is 24.3 Å². The standard InChI is InChI=1S/C17H26N2O2/c1-18-14-5-6-15(18)11-19(10-9-14)12-17(20)13-3-7-16(21-2)8-4-13/h3-4,7-8,14-15,17,20H,5-6,9-12H2,1-2H3. The van der Waals surface area contributed by atoms with Gasteiger partial charge in [0.25, 0.3) is 0 Å². The van der Waals surface area contributed by atoms with Crippen molar-refractivity contribution in [2.24, 2.45) is 0 Å². The fourth-order valence-corrected chi connectivity index (χ4v) is 3.72. The van der Waals surface area contributed by atoms with Gasteiger partial charge in [-0.05, 0) is 50.6 Å². The largest absolute Gasteiger partial charge is 0.497 e. The third-order valence-corrected chi connectivity index (χ3v) is 5.16. The molecular weight excluding hydrogens is 264 g/mol. The van der Waals surface area contributed by atoms with Gasteiger partial charge in [0.05, 0.1) is 13.2 Å². The Morgan fingerprint density at radius 2 is 1.90 bits per heavy atom. The van der Waals surface area contributed by atoms with E-state index in [1.807, 2.05) is 24.3 Å². The summed E-state index contributed by atoms with van der Waals surface area (Å²) in [5, 5.41) is 10.5. The number of ether oxygens (including phenoxy) is 1. The van der Waals surface area contributed by atoms with Gasteiger partial charge in [-0.15, -0.1) is 0 Å². The van der Waals surface area contributed by atoms with Gasteiger partial charge in [0, 0.05) is 25.2 Å². The van der Waals surface area contributed by atoms with E-state index in [9.17, 15) is 5.11 Å². The fourth-order valence-electron chi connectivity index (χ4n) is 3.72. The van der Waals surface area contributed by atoms with E-state index in [4.69, 9.17) is 4.74 Å². The Bertz CT molecular complexity index is 462. The van der Waals surface area contributed by atoms with E-state index in [2.05, 4.69) is 16.8 Å². The highest BCUT2D eigenvalue weighted by Gasteiger charge is 2.34. The number of benzene rings is 1. The lowest BCUT2D eigenvalue weighted by atomic mass is 10.1. The number of hydrogen-bond acceptors (Lipinski definition) is 4. The van der Waals surface area contributed by atoms with E-state index in [1.165, 1.54) is 19.3 Å². The number of β-amino-alcohol motifs (C(OH)–C–C–N with tert-alkyl or cyclic N) is 1. The van der Waals surface area contributed by atoms with Crippen molar-refractivity contribution in [2.75, 3.05) is 33.8 Å². The summed E-state index contributed by atoms with van der Waals surface area (Å²) in [7, 11) is 3.92. The zero-order valence-electron chi connectivity index (χ0n) is 13.0. The van der Waals surface area contributed by atoms with Crippen LogP contribution in [-0.2, 0) is 0 Å². The summed E-state index contributed by atoms with van der Waals surface area (Å²) in [6.45, 7) is 2.91. The van der Waals surface area contributed by atoms with Crippen LogP contribution in [0.3, 0.4) is 0 Å². The predicted molar refractivity (Wildman–Crippen MR) is 83.6 cm³/mol. The Labute approximate surface area is 127 Å². The molecule has 116 valence electrons. The first-order chi connectivity index (χ1) is 10.2. The van der Waals surface area contributed by atoms with Crippen LogP contribution < -0.4 is 4.74 Å². The highest BCUT2D eigenvalue weighted by molar-refractivity contribution is 5.28. The molecule has 4 nitrogen and oxygen atoms in total. The number of fused-ring (bicyclic) bond motifs is 2. The van der Waals surface area contributed by atoms with Gasteiger partial charge in [0.15, 0.2) is 0 Å². The van der Waals surface area contributed by atoms with Crippen LogP contribution >= 0.6 is 0 Å². The average Bonchev–Trinajstić information content (AvgIpc) is 2.75. The Morgan fingerprint density at radius 3 is 2.62 bits per heavy atom. The third kappa shape index (κ3) is 3.23. The van der Waals surface area contributed by atoms with Gasteiger partial charge in [-0.1, -0.05) is 12.1 Å². The van der Waals surface area contributed by atoms with Gasteiger partial charge in [-0.3, -0.25) is 9.80 Å². The van der Waals surface area contributed by atoms with E-state index < -0.39 is 6.10 Å².